The third-order valence-corrected chi connectivity index (χ3v) is 9.08. The van der Waals surface area contributed by atoms with Gasteiger partial charge in [-0.3, -0.25) is 9.59 Å². The van der Waals surface area contributed by atoms with E-state index >= 15 is 0 Å². The number of ether oxygens (including phenoxy) is 4. The van der Waals surface area contributed by atoms with Crippen molar-refractivity contribution < 1.29 is 18.9 Å². The molecule has 14 heteroatoms. The minimum Gasteiger partial charge on any atom is -0.477 e. The first-order valence-electron chi connectivity index (χ1n) is 16.7. The average molecular weight is 701 g/mol. The van der Waals surface area contributed by atoms with Crippen molar-refractivity contribution in [2.24, 2.45) is 0 Å². The third kappa shape index (κ3) is 6.57. The molecule has 4 aromatic heterocycles. The van der Waals surface area contributed by atoms with Gasteiger partial charge in [-0.1, -0.05) is 12.1 Å². The number of hydrogen-bond acceptors (Lipinski definition) is 12. The first-order chi connectivity index (χ1) is 25.1. The zero-order valence-electron chi connectivity index (χ0n) is 29.6. The second-order valence-electron chi connectivity index (χ2n) is 12.6. The molecule has 0 radical (unpaired) electrons. The summed E-state index contributed by atoms with van der Waals surface area (Å²) in [4.78, 5) is 40.5. The molecule has 0 atom stereocenters. The molecule has 0 saturated carbocycles. The molecule has 0 fully saturated rings. The van der Waals surface area contributed by atoms with Gasteiger partial charge in [-0.25, -0.2) is 30.1 Å². The summed E-state index contributed by atoms with van der Waals surface area (Å²) in [5.74, 6) is 3.56. The highest BCUT2D eigenvalue weighted by atomic mass is 16.5. The van der Waals surface area contributed by atoms with E-state index in [-0.39, 0.29) is 11.1 Å². The van der Waals surface area contributed by atoms with Gasteiger partial charge >= 0.3 is 0 Å². The Hall–Kier alpha value is -6.44. The highest BCUT2D eigenvalue weighted by Crippen LogP contribution is 2.36. The fourth-order valence-corrected chi connectivity index (χ4v) is 6.41. The highest BCUT2D eigenvalue weighted by molar-refractivity contribution is 5.73. The van der Waals surface area contributed by atoms with Crippen molar-refractivity contribution in [3.63, 3.8) is 0 Å². The van der Waals surface area contributed by atoms with Gasteiger partial charge in [0.2, 0.25) is 23.5 Å². The standard InChI is InChI=1S/2C19H18N4O3/c2*1-10-8-13(26-19-15-6-7-25-18(15)20-9-21-19)4-5-14(10)16-11(2)17(24)23-22-12(16)3/h2*4-5,8-9H,6-7H2,1-3H3,(H,23,24). The van der Waals surface area contributed by atoms with Crippen LogP contribution in [0, 0.1) is 41.5 Å². The normalized spacial score (nSPS) is 12.6. The minimum atomic E-state index is -0.179. The van der Waals surface area contributed by atoms with Crippen LogP contribution in [0.25, 0.3) is 22.3 Å². The van der Waals surface area contributed by atoms with Gasteiger partial charge < -0.3 is 18.9 Å². The summed E-state index contributed by atoms with van der Waals surface area (Å²) in [6.45, 7) is 12.5. The van der Waals surface area contributed by atoms with Crippen LogP contribution in [0.2, 0.25) is 0 Å². The Kier molecular flexibility index (Phi) is 9.20. The summed E-state index contributed by atoms with van der Waals surface area (Å²) in [5, 5.41) is 13.2. The molecule has 2 N–H and O–H groups in total. The van der Waals surface area contributed by atoms with Gasteiger partial charge in [0.15, 0.2) is 0 Å². The first kappa shape index (κ1) is 34.0. The predicted molar refractivity (Wildman–Crippen MR) is 192 cm³/mol. The highest BCUT2D eigenvalue weighted by Gasteiger charge is 2.22. The number of aromatic nitrogens is 8. The Balaban J connectivity index is 0.000000162. The summed E-state index contributed by atoms with van der Waals surface area (Å²) in [6, 6.07) is 11.5. The van der Waals surface area contributed by atoms with Crippen LogP contribution < -0.4 is 30.1 Å². The molecule has 264 valence electrons. The van der Waals surface area contributed by atoms with Crippen molar-refractivity contribution in [2.45, 2.75) is 54.4 Å². The second-order valence-corrected chi connectivity index (χ2v) is 12.6. The zero-order chi connectivity index (χ0) is 36.5. The van der Waals surface area contributed by atoms with Crippen molar-refractivity contribution in [3.8, 4) is 57.3 Å². The molecule has 6 heterocycles. The Morgan fingerprint density at radius 1 is 0.596 bits per heavy atom. The van der Waals surface area contributed by atoms with E-state index in [1.807, 2.05) is 64.1 Å². The number of aromatic amines is 2. The van der Waals surface area contributed by atoms with Crippen LogP contribution in [-0.2, 0) is 12.8 Å². The molecule has 6 aromatic rings. The lowest BCUT2D eigenvalue weighted by Crippen LogP contribution is -2.14. The van der Waals surface area contributed by atoms with E-state index in [9.17, 15) is 9.59 Å². The number of benzene rings is 2. The van der Waals surface area contributed by atoms with Crippen molar-refractivity contribution in [2.75, 3.05) is 13.2 Å². The molecule has 0 bridgehead atoms. The molecule has 0 unspecified atom stereocenters. The van der Waals surface area contributed by atoms with Crippen LogP contribution in [0.5, 0.6) is 35.0 Å². The van der Waals surface area contributed by atoms with Gasteiger partial charge in [0.05, 0.1) is 35.7 Å². The van der Waals surface area contributed by atoms with Gasteiger partial charge in [0.1, 0.15) is 24.2 Å². The van der Waals surface area contributed by atoms with Gasteiger partial charge in [-0.15, -0.1) is 0 Å². The van der Waals surface area contributed by atoms with Crippen molar-refractivity contribution >= 4 is 0 Å². The molecular formula is C38H36N8O6. The third-order valence-electron chi connectivity index (χ3n) is 9.08. The van der Waals surface area contributed by atoms with Crippen molar-refractivity contribution in [1.29, 1.82) is 0 Å². The molecule has 14 nitrogen and oxygen atoms in total. The molecule has 8 rings (SSSR count). The Morgan fingerprint density at radius 2 is 1.02 bits per heavy atom. The maximum absolute atomic E-state index is 11.9. The molecule has 0 aliphatic carbocycles. The summed E-state index contributed by atoms with van der Waals surface area (Å²) in [6.07, 6.45) is 4.35. The molecule has 2 aliphatic heterocycles. The lowest BCUT2D eigenvalue weighted by molar-refractivity contribution is 0.344. The van der Waals surface area contributed by atoms with Gasteiger partial charge in [-0.05, 0) is 88.1 Å². The molecule has 2 aromatic carbocycles. The Morgan fingerprint density at radius 3 is 1.42 bits per heavy atom. The number of rotatable bonds is 6. The van der Waals surface area contributed by atoms with E-state index in [4.69, 9.17) is 18.9 Å². The van der Waals surface area contributed by atoms with E-state index in [1.165, 1.54) is 12.7 Å². The summed E-state index contributed by atoms with van der Waals surface area (Å²) in [5.41, 5.74) is 9.90. The van der Waals surface area contributed by atoms with Crippen molar-refractivity contribution in [3.05, 3.63) is 115 Å². The van der Waals surface area contributed by atoms with Crippen LogP contribution in [-0.4, -0.2) is 53.5 Å². The topological polar surface area (TPSA) is 180 Å². The van der Waals surface area contributed by atoms with Crippen LogP contribution in [0.3, 0.4) is 0 Å². The van der Waals surface area contributed by atoms with E-state index in [0.29, 0.717) is 59.4 Å². The van der Waals surface area contributed by atoms with Crippen LogP contribution >= 0.6 is 0 Å². The lowest BCUT2D eigenvalue weighted by Gasteiger charge is -2.13. The van der Waals surface area contributed by atoms with E-state index in [1.54, 1.807) is 13.8 Å². The molecule has 0 saturated heterocycles. The molecule has 2 aliphatic rings. The summed E-state index contributed by atoms with van der Waals surface area (Å²) in [7, 11) is 0. The van der Waals surface area contributed by atoms with Crippen LogP contribution in [0.4, 0.5) is 0 Å². The lowest BCUT2D eigenvalue weighted by atomic mass is 9.96. The quantitative estimate of drug-likeness (QED) is 0.215. The average Bonchev–Trinajstić information content (AvgIpc) is 3.82. The molecule has 0 spiro atoms. The molecular weight excluding hydrogens is 664 g/mol. The maximum atomic E-state index is 11.9. The van der Waals surface area contributed by atoms with Crippen molar-refractivity contribution in [1.82, 2.24) is 40.3 Å². The monoisotopic (exact) mass is 700 g/mol. The van der Waals surface area contributed by atoms with Gasteiger partial charge in [0.25, 0.3) is 11.1 Å². The Labute approximate surface area is 298 Å². The second kappa shape index (κ2) is 14.1. The SMILES string of the molecule is Cc1cc(Oc2ncnc3c2CCO3)ccc1-c1c(C)n[nH]c(=O)c1C.Cc1cc(Oc2ncnc3c2CCO3)ccc1-c1c(C)n[nH]c(=O)c1C. The predicted octanol–water partition coefficient (Wildman–Crippen LogP) is 5.76. The maximum Gasteiger partial charge on any atom is 0.267 e. The van der Waals surface area contributed by atoms with Gasteiger partial charge in [0, 0.05) is 35.1 Å². The number of aryl methyl sites for hydroxylation is 4. The minimum absolute atomic E-state index is 0.179. The van der Waals surface area contributed by atoms with E-state index in [2.05, 4.69) is 40.3 Å². The summed E-state index contributed by atoms with van der Waals surface area (Å²) >= 11 is 0. The molecule has 52 heavy (non-hydrogen) atoms. The van der Waals surface area contributed by atoms with Crippen LogP contribution in [0.15, 0.2) is 58.6 Å². The van der Waals surface area contributed by atoms with Crippen LogP contribution in [0.1, 0.15) is 44.8 Å². The fourth-order valence-electron chi connectivity index (χ4n) is 6.41. The van der Waals surface area contributed by atoms with E-state index < -0.39 is 0 Å². The number of hydrogen-bond donors (Lipinski definition) is 2. The number of fused-ring (bicyclic) bond motifs is 2. The zero-order valence-corrected chi connectivity index (χ0v) is 29.6. The Bertz CT molecular complexity index is 2290. The van der Waals surface area contributed by atoms with Gasteiger partial charge in [-0.2, -0.15) is 10.2 Å². The smallest absolute Gasteiger partial charge is 0.267 e. The number of H-pyrrole nitrogens is 2. The number of nitrogens with one attached hydrogen (secondary N) is 2. The summed E-state index contributed by atoms with van der Waals surface area (Å²) < 4.78 is 22.8. The van der Waals surface area contributed by atoms with E-state index in [0.717, 1.165) is 68.7 Å². The largest absolute Gasteiger partial charge is 0.477 e. The first-order valence-corrected chi connectivity index (χ1v) is 16.7. The number of nitrogens with zero attached hydrogens (tertiary/aromatic N) is 6. The fraction of sp³-hybridized carbons (Fsp3) is 0.263. The molecule has 0 amide bonds.